The van der Waals surface area contributed by atoms with Crippen LogP contribution in [0.5, 0.6) is 0 Å². The second kappa shape index (κ2) is 2.78. The highest BCUT2D eigenvalue weighted by atomic mass is 35.5. The summed E-state index contributed by atoms with van der Waals surface area (Å²) >= 11 is 5.84. The molecule has 0 aliphatic rings. The molecule has 0 atom stereocenters. The molecule has 0 saturated carbocycles. The topological polar surface area (TPSA) is 25.8 Å². The average molecular weight is 171 g/mol. The van der Waals surface area contributed by atoms with E-state index in [-0.39, 0.29) is 5.41 Å². The van der Waals surface area contributed by atoms with Crippen LogP contribution in [-0.4, -0.2) is 10.2 Å². The Kier molecular flexibility index (Phi) is 2.14. The van der Waals surface area contributed by atoms with Crippen LogP contribution < -0.4 is 0 Å². The summed E-state index contributed by atoms with van der Waals surface area (Å²) in [5.41, 5.74) is 1.08. The van der Waals surface area contributed by atoms with Crippen LogP contribution in [0.25, 0.3) is 0 Å². The van der Waals surface area contributed by atoms with Crippen molar-refractivity contribution in [3.8, 4) is 0 Å². The van der Waals surface area contributed by atoms with Gasteiger partial charge in [0.15, 0.2) is 5.15 Å². The fourth-order valence-electron chi connectivity index (χ4n) is 0.874. The quantitative estimate of drug-likeness (QED) is 0.598. The fraction of sp³-hybridized carbons (Fsp3) is 0.500. The number of nitrogens with zero attached hydrogens (tertiary/aromatic N) is 2. The Morgan fingerprint density at radius 1 is 1.36 bits per heavy atom. The van der Waals surface area contributed by atoms with Crippen molar-refractivity contribution in [3.63, 3.8) is 0 Å². The molecule has 0 amide bonds. The smallest absolute Gasteiger partial charge is 0.155 e. The SMILES string of the molecule is CC(C)(C)c1ccnnc1Cl. The highest BCUT2D eigenvalue weighted by molar-refractivity contribution is 6.30. The highest BCUT2D eigenvalue weighted by Crippen LogP contribution is 2.26. The molecule has 0 aromatic carbocycles. The van der Waals surface area contributed by atoms with E-state index < -0.39 is 0 Å². The molecule has 1 aromatic heterocycles. The van der Waals surface area contributed by atoms with Gasteiger partial charge in [-0.1, -0.05) is 32.4 Å². The van der Waals surface area contributed by atoms with E-state index in [9.17, 15) is 0 Å². The van der Waals surface area contributed by atoms with Crippen molar-refractivity contribution in [2.75, 3.05) is 0 Å². The number of hydrogen-bond acceptors (Lipinski definition) is 2. The third kappa shape index (κ3) is 1.90. The van der Waals surface area contributed by atoms with Gasteiger partial charge in [0.05, 0.1) is 0 Å². The van der Waals surface area contributed by atoms with E-state index >= 15 is 0 Å². The van der Waals surface area contributed by atoms with Crippen LogP contribution in [0.2, 0.25) is 5.15 Å². The van der Waals surface area contributed by atoms with Crippen molar-refractivity contribution in [2.24, 2.45) is 0 Å². The summed E-state index contributed by atoms with van der Waals surface area (Å²) in [5.74, 6) is 0. The first-order valence-corrected chi connectivity index (χ1v) is 3.87. The molecule has 1 rings (SSSR count). The van der Waals surface area contributed by atoms with Crippen molar-refractivity contribution < 1.29 is 0 Å². The molecular formula is C8H11ClN2. The minimum absolute atomic E-state index is 0.0486. The molecular weight excluding hydrogens is 160 g/mol. The third-order valence-electron chi connectivity index (χ3n) is 1.48. The fourth-order valence-corrected chi connectivity index (χ4v) is 1.26. The molecule has 0 N–H and O–H groups in total. The summed E-state index contributed by atoms with van der Waals surface area (Å²) in [5, 5.41) is 7.94. The second-order valence-corrected chi connectivity index (χ2v) is 3.84. The lowest BCUT2D eigenvalue weighted by molar-refractivity contribution is 0.585. The summed E-state index contributed by atoms with van der Waals surface area (Å²) in [7, 11) is 0. The molecule has 1 aromatic rings. The van der Waals surface area contributed by atoms with Gasteiger partial charge in [-0.2, -0.15) is 5.10 Å². The molecule has 0 unspecified atom stereocenters. The maximum absolute atomic E-state index is 5.84. The van der Waals surface area contributed by atoms with Gasteiger partial charge < -0.3 is 0 Å². The van der Waals surface area contributed by atoms with Crippen LogP contribution in [0, 0.1) is 0 Å². The average Bonchev–Trinajstić information content (AvgIpc) is 1.86. The Bertz CT molecular complexity index is 253. The van der Waals surface area contributed by atoms with Gasteiger partial charge in [-0.3, -0.25) is 0 Å². The molecule has 11 heavy (non-hydrogen) atoms. The molecule has 2 nitrogen and oxygen atoms in total. The van der Waals surface area contributed by atoms with Crippen LogP contribution in [0.3, 0.4) is 0 Å². The lowest BCUT2D eigenvalue weighted by Gasteiger charge is -2.18. The molecule has 0 aliphatic carbocycles. The zero-order valence-corrected chi connectivity index (χ0v) is 7.68. The van der Waals surface area contributed by atoms with E-state index in [0.717, 1.165) is 5.56 Å². The Labute approximate surface area is 71.6 Å². The number of rotatable bonds is 0. The van der Waals surface area contributed by atoms with Gasteiger partial charge in [-0.25, -0.2) is 0 Å². The van der Waals surface area contributed by atoms with Crippen LogP contribution in [0.15, 0.2) is 12.3 Å². The first kappa shape index (κ1) is 8.47. The normalized spacial score (nSPS) is 11.6. The summed E-state index contributed by atoms with van der Waals surface area (Å²) in [4.78, 5) is 0. The van der Waals surface area contributed by atoms with E-state index in [1.807, 2.05) is 6.07 Å². The highest BCUT2D eigenvalue weighted by Gasteiger charge is 2.17. The summed E-state index contributed by atoms with van der Waals surface area (Å²) < 4.78 is 0. The van der Waals surface area contributed by atoms with Crippen molar-refractivity contribution in [1.82, 2.24) is 10.2 Å². The van der Waals surface area contributed by atoms with Gasteiger partial charge >= 0.3 is 0 Å². The van der Waals surface area contributed by atoms with Gasteiger partial charge in [-0.05, 0) is 17.0 Å². The van der Waals surface area contributed by atoms with Gasteiger partial charge in [0.25, 0.3) is 0 Å². The van der Waals surface area contributed by atoms with Crippen molar-refractivity contribution in [3.05, 3.63) is 23.0 Å². The first-order valence-electron chi connectivity index (χ1n) is 3.49. The van der Waals surface area contributed by atoms with Gasteiger partial charge in [0, 0.05) is 6.20 Å². The monoisotopic (exact) mass is 170 g/mol. The summed E-state index contributed by atoms with van der Waals surface area (Å²) in [6, 6.07) is 1.90. The van der Waals surface area contributed by atoms with E-state index in [1.165, 1.54) is 0 Å². The number of hydrogen-bond donors (Lipinski definition) is 0. The van der Waals surface area contributed by atoms with Gasteiger partial charge in [0.2, 0.25) is 0 Å². The molecule has 0 fully saturated rings. The molecule has 0 saturated heterocycles. The largest absolute Gasteiger partial charge is 0.158 e. The lowest BCUT2D eigenvalue weighted by Crippen LogP contribution is -2.12. The Morgan fingerprint density at radius 3 is 2.36 bits per heavy atom. The van der Waals surface area contributed by atoms with Crippen molar-refractivity contribution >= 4 is 11.6 Å². The number of aromatic nitrogens is 2. The van der Waals surface area contributed by atoms with Gasteiger partial charge in [-0.15, -0.1) is 5.10 Å². The predicted molar refractivity (Wildman–Crippen MR) is 45.7 cm³/mol. The van der Waals surface area contributed by atoms with Crippen molar-refractivity contribution in [2.45, 2.75) is 26.2 Å². The Hall–Kier alpha value is -0.630. The van der Waals surface area contributed by atoms with Crippen LogP contribution in [0.1, 0.15) is 26.3 Å². The van der Waals surface area contributed by atoms with Crippen LogP contribution in [0.4, 0.5) is 0 Å². The summed E-state index contributed by atoms with van der Waals surface area (Å²) in [6.07, 6.45) is 1.66. The maximum Gasteiger partial charge on any atom is 0.155 e. The summed E-state index contributed by atoms with van der Waals surface area (Å²) in [6.45, 7) is 6.28. The van der Waals surface area contributed by atoms with Crippen LogP contribution in [-0.2, 0) is 5.41 Å². The number of halogens is 1. The minimum atomic E-state index is 0.0486. The molecule has 3 heteroatoms. The second-order valence-electron chi connectivity index (χ2n) is 3.49. The third-order valence-corrected chi connectivity index (χ3v) is 1.76. The molecule has 0 aliphatic heterocycles. The first-order chi connectivity index (χ1) is 5.02. The maximum atomic E-state index is 5.84. The Balaban J connectivity index is 3.14. The van der Waals surface area contributed by atoms with Gasteiger partial charge in [0.1, 0.15) is 0 Å². The van der Waals surface area contributed by atoms with E-state index in [0.29, 0.717) is 5.15 Å². The van der Waals surface area contributed by atoms with E-state index in [1.54, 1.807) is 6.20 Å². The predicted octanol–water partition coefficient (Wildman–Crippen LogP) is 2.43. The molecule has 60 valence electrons. The van der Waals surface area contributed by atoms with Crippen molar-refractivity contribution in [1.29, 1.82) is 0 Å². The minimum Gasteiger partial charge on any atom is -0.158 e. The molecule has 0 bridgehead atoms. The zero-order chi connectivity index (χ0) is 8.48. The Morgan fingerprint density at radius 2 is 2.00 bits per heavy atom. The van der Waals surface area contributed by atoms with E-state index in [4.69, 9.17) is 11.6 Å². The molecule has 0 radical (unpaired) electrons. The molecule has 0 spiro atoms. The molecule has 1 heterocycles. The van der Waals surface area contributed by atoms with E-state index in [2.05, 4.69) is 31.0 Å². The van der Waals surface area contributed by atoms with Crippen LogP contribution >= 0.6 is 11.6 Å². The lowest BCUT2D eigenvalue weighted by atomic mass is 9.89. The standard InChI is InChI=1S/C8H11ClN2/c1-8(2,3)6-4-5-10-11-7(6)9/h4-5H,1-3H3. The zero-order valence-electron chi connectivity index (χ0n) is 6.93.